The molecule has 32 heavy (non-hydrogen) atoms. The molecule has 7 heteroatoms. The molecule has 0 spiro atoms. The molecule has 0 saturated carbocycles. The SMILES string of the molecule is CCCCC[C@@H](CC(=O)NCC)C(=O)N[C@@H](Cc1ccccc1)C(=O)N1CCC[C@H]1CO. The molecule has 2 rings (SSSR count). The topological polar surface area (TPSA) is 98.7 Å². The van der Waals surface area contributed by atoms with Gasteiger partial charge in [-0.15, -0.1) is 0 Å². The molecule has 1 saturated heterocycles. The van der Waals surface area contributed by atoms with Crippen molar-refractivity contribution < 1.29 is 19.5 Å². The van der Waals surface area contributed by atoms with Gasteiger partial charge in [0.05, 0.1) is 12.6 Å². The van der Waals surface area contributed by atoms with E-state index in [4.69, 9.17) is 0 Å². The second-order valence-electron chi connectivity index (χ2n) is 8.61. The summed E-state index contributed by atoms with van der Waals surface area (Å²) in [4.78, 5) is 40.5. The van der Waals surface area contributed by atoms with Gasteiger partial charge in [0.1, 0.15) is 6.04 Å². The summed E-state index contributed by atoms with van der Waals surface area (Å²) in [7, 11) is 0. The van der Waals surface area contributed by atoms with Gasteiger partial charge in [-0.2, -0.15) is 0 Å². The minimum absolute atomic E-state index is 0.0748. The zero-order valence-electron chi connectivity index (χ0n) is 19.5. The summed E-state index contributed by atoms with van der Waals surface area (Å²) < 4.78 is 0. The van der Waals surface area contributed by atoms with Crippen molar-refractivity contribution >= 4 is 17.7 Å². The summed E-state index contributed by atoms with van der Waals surface area (Å²) in [5.41, 5.74) is 0.956. The number of unbranched alkanes of at least 4 members (excludes halogenated alkanes) is 2. The zero-order valence-corrected chi connectivity index (χ0v) is 19.5. The average Bonchev–Trinajstić information content (AvgIpc) is 3.27. The highest BCUT2D eigenvalue weighted by molar-refractivity contribution is 5.91. The second kappa shape index (κ2) is 13.9. The number of benzene rings is 1. The first-order chi connectivity index (χ1) is 15.5. The summed E-state index contributed by atoms with van der Waals surface area (Å²) in [5.74, 6) is -1.02. The van der Waals surface area contributed by atoms with Crippen LogP contribution in [0.15, 0.2) is 30.3 Å². The molecule has 1 heterocycles. The molecule has 0 unspecified atom stereocenters. The van der Waals surface area contributed by atoms with Gasteiger partial charge < -0.3 is 20.6 Å². The Morgan fingerprint density at radius 1 is 1.16 bits per heavy atom. The number of aliphatic hydroxyl groups excluding tert-OH is 1. The van der Waals surface area contributed by atoms with Crippen molar-refractivity contribution in [3.63, 3.8) is 0 Å². The highest BCUT2D eigenvalue weighted by Crippen LogP contribution is 2.20. The maximum absolute atomic E-state index is 13.4. The van der Waals surface area contributed by atoms with Gasteiger partial charge in [-0.3, -0.25) is 14.4 Å². The van der Waals surface area contributed by atoms with Crippen LogP contribution in [0.2, 0.25) is 0 Å². The third kappa shape index (κ3) is 7.93. The molecule has 1 aromatic rings. The molecule has 1 aliphatic heterocycles. The quantitative estimate of drug-likeness (QED) is 0.406. The lowest BCUT2D eigenvalue weighted by Gasteiger charge is -2.29. The Morgan fingerprint density at radius 2 is 1.91 bits per heavy atom. The van der Waals surface area contributed by atoms with Crippen molar-refractivity contribution in [2.45, 2.75) is 77.3 Å². The Kier molecular flexibility index (Phi) is 11.2. The van der Waals surface area contributed by atoms with Crippen molar-refractivity contribution in [1.82, 2.24) is 15.5 Å². The van der Waals surface area contributed by atoms with Crippen LogP contribution in [0.3, 0.4) is 0 Å². The van der Waals surface area contributed by atoms with Gasteiger partial charge in [-0.05, 0) is 31.7 Å². The molecule has 0 aromatic heterocycles. The van der Waals surface area contributed by atoms with E-state index in [-0.39, 0.29) is 36.8 Å². The summed E-state index contributed by atoms with van der Waals surface area (Å²) in [6.07, 6.45) is 5.63. The van der Waals surface area contributed by atoms with Crippen LogP contribution in [-0.2, 0) is 20.8 Å². The molecule has 3 N–H and O–H groups in total. The number of aliphatic hydroxyl groups is 1. The van der Waals surface area contributed by atoms with E-state index in [2.05, 4.69) is 17.6 Å². The molecule has 0 aliphatic carbocycles. The number of carbonyl (C=O) groups is 3. The van der Waals surface area contributed by atoms with Crippen LogP contribution in [0.5, 0.6) is 0 Å². The number of likely N-dealkylation sites (tertiary alicyclic amines) is 1. The molecule has 1 aromatic carbocycles. The van der Waals surface area contributed by atoms with Crippen LogP contribution in [0.25, 0.3) is 0 Å². The van der Waals surface area contributed by atoms with Gasteiger partial charge in [0.2, 0.25) is 17.7 Å². The molecule has 0 bridgehead atoms. The van der Waals surface area contributed by atoms with E-state index in [9.17, 15) is 19.5 Å². The van der Waals surface area contributed by atoms with Gasteiger partial charge in [-0.25, -0.2) is 0 Å². The lowest BCUT2D eigenvalue weighted by molar-refractivity contribution is -0.139. The van der Waals surface area contributed by atoms with Crippen molar-refractivity contribution in [2.75, 3.05) is 19.7 Å². The molecule has 3 amide bonds. The van der Waals surface area contributed by atoms with Crippen LogP contribution in [0.1, 0.15) is 64.4 Å². The van der Waals surface area contributed by atoms with E-state index in [1.54, 1.807) is 4.90 Å². The fourth-order valence-corrected chi connectivity index (χ4v) is 4.31. The van der Waals surface area contributed by atoms with Crippen molar-refractivity contribution in [3.8, 4) is 0 Å². The number of nitrogens with zero attached hydrogens (tertiary/aromatic N) is 1. The molecule has 0 radical (unpaired) electrons. The Labute approximate surface area is 191 Å². The number of hydrogen-bond acceptors (Lipinski definition) is 4. The molecular formula is C25H39N3O4. The third-order valence-electron chi connectivity index (χ3n) is 6.10. The van der Waals surface area contributed by atoms with Gasteiger partial charge in [0, 0.05) is 31.8 Å². The molecular weight excluding hydrogens is 406 g/mol. The lowest BCUT2D eigenvalue weighted by Crippen LogP contribution is -2.53. The van der Waals surface area contributed by atoms with Crippen molar-refractivity contribution in [3.05, 3.63) is 35.9 Å². The van der Waals surface area contributed by atoms with Gasteiger partial charge in [-0.1, -0.05) is 56.5 Å². The van der Waals surface area contributed by atoms with Crippen LogP contribution in [-0.4, -0.2) is 59.5 Å². The zero-order chi connectivity index (χ0) is 23.3. The van der Waals surface area contributed by atoms with Crippen LogP contribution < -0.4 is 10.6 Å². The monoisotopic (exact) mass is 445 g/mol. The predicted molar refractivity (Wildman–Crippen MR) is 125 cm³/mol. The summed E-state index contributed by atoms with van der Waals surface area (Å²) >= 11 is 0. The number of hydrogen-bond donors (Lipinski definition) is 3. The first-order valence-corrected chi connectivity index (χ1v) is 12.0. The fraction of sp³-hybridized carbons (Fsp3) is 0.640. The largest absolute Gasteiger partial charge is 0.394 e. The number of nitrogens with one attached hydrogen (secondary N) is 2. The first kappa shape index (κ1) is 25.8. The minimum Gasteiger partial charge on any atom is -0.394 e. The lowest BCUT2D eigenvalue weighted by atomic mass is 9.95. The maximum Gasteiger partial charge on any atom is 0.245 e. The normalized spacial score (nSPS) is 17.6. The number of carbonyl (C=O) groups excluding carboxylic acids is 3. The molecule has 3 atom stereocenters. The average molecular weight is 446 g/mol. The summed E-state index contributed by atoms with van der Waals surface area (Å²) in [5, 5.41) is 15.4. The predicted octanol–water partition coefficient (Wildman–Crippen LogP) is 2.42. The Balaban J connectivity index is 2.17. The van der Waals surface area contributed by atoms with Crippen LogP contribution in [0.4, 0.5) is 0 Å². The van der Waals surface area contributed by atoms with Gasteiger partial charge in [0.25, 0.3) is 0 Å². The van der Waals surface area contributed by atoms with E-state index >= 15 is 0 Å². The van der Waals surface area contributed by atoms with Gasteiger partial charge >= 0.3 is 0 Å². The Bertz CT molecular complexity index is 725. The number of amides is 3. The van der Waals surface area contributed by atoms with E-state index < -0.39 is 12.0 Å². The van der Waals surface area contributed by atoms with E-state index in [1.165, 1.54) is 0 Å². The summed E-state index contributed by atoms with van der Waals surface area (Å²) in [6.45, 7) is 4.99. The van der Waals surface area contributed by atoms with Crippen molar-refractivity contribution in [2.24, 2.45) is 5.92 Å². The smallest absolute Gasteiger partial charge is 0.245 e. The highest BCUT2D eigenvalue weighted by atomic mass is 16.3. The van der Waals surface area contributed by atoms with E-state index in [1.807, 2.05) is 37.3 Å². The maximum atomic E-state index is 13.4. The Morgan fingerprint density at radius 3 is 2.56 bits per heavy atom. The summed E-state index contributed by atoms with van der Waals surface area (Å²) in [6, 6.07) is 8.69. The first-order valence-electron chi connectivity index (χ1n) is 12.0. The third-order valence-corrected chi connectivity index (χ3v) is 6.10. The second-order valence-corrected chi connectivity index (χ2v) is 8.61. The highest BCUT2D eigenvalue weighted by Gasteiger charge is 2.34. The molecule has 7 nitrogen and oxygen atoms in total. The standard InChI is InChI=1S/C25H39N3O4/c1-3-5-7-13-20(17-23(30)26-4-2)24(31)27-22(16-19-11-8-6-9-12-19)25(32)28-15-10-14-21(28)18-29/h6,8-9,11-12,20-22,29H,3-5,7,10,13-18H2,1-2H3,(H,26,30)(H,27,31)/t20-,21-,22-/m0/s1. The number of rotatable bonds is 13. The Hall–Kier alpha value is -2.41. The molecule has 178 valence electrons. The van der Waals surface area contributed by atoms with Crippen LogP contribution in [0, 0.1) is 5.92 Å². The van der Waals surface area contributed by atoms with Gasteiger partial charge in [0.15, 0.2) is 0 Å². The van der Waals surface area contributed by atoms with Crippen molar-refractivity contribution in [1.29, 1.82) is 0 Å². The molecule has 1 fully saturated rings. The van der Waals surface area contributed by atoms with E-state index in [0.717, 1.165) is 37.7 Å². The van der Waals surface area contributed by atoms with Crippen LogP contribution >= 0.6 is 0 Å². The minimum atomic E-state index is -0.722. The van der Waals surface area contributed by atoms with E-state index in [0.29, 0.717) is 25.9 Å². The molecule has 1 aliphatic rings. The fourth-order valence-electron chi connectivity index (χ4n) is 4.31.